The fourth-order valence-corrected chi connectivity index (χ4v) is 5.77. The van der Waals surface area contributed by atoms with Crippen molar-refractivity contribution >= 4 is 17.6 Å². The first-order valence-electron chi connectivity index (χ1n) is 14.5. The number of aromatic nitrogens is 1. The predicted molar refractivity (Wildman–Crippen MR) is 154 cm³/mol. The summed E-state index contributed by atoms with van der Waals surface area (Å²) in [5.41, 5.74) is 2.18. The second-order valence-electron chi connectivity index (χ2n) is 12.7. The van der Waals surface area contributed by atoms with Crippen LogP contribution < -0.4 is 10.6 Å². The molecule has 0 spiro atoms. The molecule has 2 unspecified atom stereocenters. The highest BCUT2D eigenvalue weighted by atomic mass is 16.3. The summed E-state index contributed by atoms with van der Waals surface area (Å²) in [5, 5.41) is 25.8. The Kier molecular flexibility index (Phi) is 8.85. The summed E-state index contributed by atoms with van der Waals surface area (Å²) >= 11 is 0. The van der Waals surface area contributed by atoms with Gasteiger partial charge in [0.15, 0.2) is 5.78 Å². The zero-order valence-electron chi connectivity index (χ0n) is 24.6. The molecular formula is C33H40N4O4. The molecule has 4 rings (SSSR count). The first-order chi connectivity index (χ1) is 19.4. The van der Waals surface area contributed by atoms with Crippen LogP contribution in [-0.2, 0) is 14.4 Å². The van der Waals surface area contributed by atoms with Crippen molar-refractivity contribution in [1.29, 1.82) is 5.26 Å². The lowest BCUT2D eigenvalue weighted by molar-refractivity contribution is -0.137. The third kappa shape index (κ3) is 6.60. The van der Waals surface area contributed by atoms with E-state index in [9.17, 15) is 24.8 Å². The van der Waals surface area contributed by atoms with E-state index >= 15 is 0 Å². The molecular weight excluding hydrogens is 516 g/mol. The van der Waals surface area contributed by atoms with Crippen molar-refractivity contribution in [3.05, 3.63) is 53.9 Å². The van der Waals surface area contributed by atoms with Crippen LogP contribution in [0.25, 0.3) is 11.1 Å². The highest BCUT2D eigenvalue weighted by Crippen LogP contribution is 2.45. The number of nitrogens with zero attached hydrogens (tertiary/aromatic N) is 2. The maximum Gasteiger partial charge on any atom is 0.241 e. The summed E-state index contributed by atoms with van der Waals surface area (Å²) in [6.07, 6.45) is 2.96. The van der Waals surface area contributed by atoms with Crippen LogP contribution >= 0.6 is 0 Å². The standard InChI is InChI=1S/C33H40N4O4/c1-6-21(22-9-11-23(12-10-22)25-8-7-15-35-20(25)2)18-36-30(40)27-17-24(38)16-26(27)28(39)29(32(3,4)5)37-31(41)33(19-34)13-14-33/h9-12,15,21,24,26-27,29,38H,6,13-14,16-18H2,1-5H3,(H,36,40)(H,37,41)/t21?,24-,26?,27+,29+/m0/s1. The lowest BCUT2D eigenvalue weighted by Crippen LogP contribution is -2.54. The molecule has 1 aromatic carbocycles. The van der Waals surface area contributed by atoms with E-state index in [1.165, 1.54) is 0 Å². The Bertz CT molecular complexity index is 1320. The van der Waals surface area contributed by atoms with Gasteiger partial charge in [0, 0.05) is 18.4 Å². The Labute approximate surface area is 242 Å². The van der Waals surface area contributed by atoms with E-state index < -0.39 is 40.7 Å². The van der Waals surface area contributed by atoms with E-state index in [1.807, 2.05) is 52.0 Å². The number of ketones is 1. The molecule has 2 aliphatic rings. The average molecular weight is 557 g/mol. The number of rotatable bonds is 10. The monoisotopic (exact) mass is 556 g/mol. The zero-order chi connectivity index (χ0) is 29.9. The maximum atomic E-state index is 13.8. The van der Waals surface area contributed by atoms with Gasteiger partial charge in [0.25, 0.3) is 0 Å². The number of benzene rings is 1. The summed E-state index contributed by atoms with van der Waals surface area (Å²) in [6, 6.07) is 15.4. The predicted octanol–water partition coefficient (Wildman–Crippen LogP) is 4.06. The van der Waals surface area contributed by atoms with Gasteiger partial charge in [-0.1, -0.05) is 58.0 Å². The molecule has 2 aromatic rings. The molecule has 2 amide bonds. The highest BCUT2D eigenvalue weighted by Gasteiger charge is 2.53. The number of hydrogen-bond acceptors (Lipinski definition) is 6. The molecule has 3 N–H and O–H groups in total. The molecule has 8 nitrogen and oxygen atoms in total. The Balaban J connectivity index is 1.43. The molecule has 5 atom stereocenters. The van der Waals surface area contributed by atoms with Crippen LogP contribution in [0.4, 0.5) is 0 Å². The number of carbonyl (C=O) groups is 3. The molecule has 8 heteroatoms. The van der Waals surface area contributed by atoms with E-state index in [-0.39, 0.29) is 30.4 Å². The van der Waals surface area contributed by atoms with Gasteiger partial charge in [-0.25, -0.2) is 0 Å². The fraction of sp³-hybridized carbons (Fsp3) is 0.545. The van der Waals surface area contributed by atoms with Gasteiger partial charge in [0.1, 0.15) is 5.41 Å². The molecule has 0 saturated heterocycles. The maximum absolute atomic E-state index is 13.8. The van der Waals surface area contributed by atoms with E-state index in [0.717, 1.165) is 28.8 Å². The average Bonchev–Trinajstić information content (AvgIpc) is 3.65. The van der Waals surface area contributed by atoms with Crippen molar-refractivity contribution in [1.82, 2.24) is 15.6 Å². The van der Waals surface area contributed by atoms with Crippen molar-refractivity contribution in [3.63, 3.8) is 0 Å². The smallest absolute Gasteiger partial charge is 0.241 e. The number of aliphatic hydroxyl groups is 1. The minimum absolute atomic E-state index is 0.0707. The summed E-state index contributed by atoms with van der Waals surface area (Å²) in [4.78, 5) is 44.4. The first kappa shape index (κ1) is 30.2. The quantitative estimate of drug-likeness (QED) is 0.404. The molecule has 0 bridgehead atoms. The molecule has 41 heavy (non-hydrogen) atoms. The van der Waals surface area contributed by atoms with Gasteiger partial charge in [-0.3, -0.25) is 19.4 Å². The van der Waals surface area contributed by atoms with Crippen molar-refractivity contribution in [3.8, 4) is 17.2 Å². The van der Waals surface area contributed by atoms with Gasteiger partial charge in [0.2, 0.25) is 11.8 Å². The van der Waals surface area contributed by atoms with Gasteiger partial charge in [-0.05, 0) is 61.6 Å². The number of carbonyl (C=O) groups excluding carboxylic acids is 3. The van der Waals surface area contributed by atoms with Crippen molar-refractivity contribution in [2.45, 2.75) is 84.8 Å². The van der Waals surface area contributed by atoms with Crippen LogP contribution in [0.5, 0.6) is 0 Å². The second kappa shape index (κ2) is 12.0. The van der Waals surface area contributed by atoms with Gasteiger partial charge < -0.3 is 15.7 Å². The third-order valence-corrected chi connectivity index (χ3v) is 8.63. The Morgan fingerprint density at radius 3 is 2.39 bits per heavy atom. The Morgan fingerprint density at radius 1 is 1.17 bits per heavy atom. The molecule has 0 radical (unpaired) electrons. The van der Waals surface area contributed by atoms with Crippen molar-refractivity contribution in [2.75, 3.05) is 6.54 Å². The summed E-state index contributed by atoms with van der Waals surface area (Å²) in [5.74, 6) is -2.30. The van der Waals surface area contributed by atoms with E-state index in [2.05, 4.69) is 40.7 Å². The SMILES string of the molecule is CCC(CNC(=O)[C@@H]1C[C@@H](O)CC1C(=O)[C@@H](NC(=O)C1(C#N)CC1)C(C)(C)C)c1ccc(-c2c#ccnc2C)cc1. The first-order valence-corrected chi connectivity index (χ1v) is 14.5. The molecule has 2 aliphatic carbocycles. The van der Waals surface area contributed by atoms with Crippen LogP contribution in [0.2, 0.25) is 0 Å². The number of nitrogens with one attached hydrogen (secondary N) is 2. The summed E-state index contributed by atoms with van der Waals surface area (Å²) in [6.45, 7) is 9.96. The van der Waals surface area contributed by atoms with Gasteiger partial charge in [-0.15, -0.1) is 0 Å². The van der Waals surface area contributed by atoms with Crippen LogP contribution in [0, 0.1) is 53.1 Å². The molecule has 1 heterocycles. The topological polar surface area (TPSA) is 132 Å². The minimum Gasteiger partial charge on any atom is -0.393 e. The van der Waals surface area contributed by atoms with Crippen molar-refractivity contribution < 1.29 is 19.5 Å². The third-order valence-electron chi connectivity index (χ3n) is 8.63. The summed E-state index contributed by atoms with van der Waals surface area (Å²) in [7, 11) is 0. The molecule has 2 saturated carbocycles. The van der Waals surface area contributed by atoms with Gasteiger partial charge in [-0.2, -0.15) is 5.26 Å². The minimum atomic E-state index is -1.06. The lowest BCUT2D eigenvalue weighted by atomic mass is 9.77. The van der Waals surface area contributed by atoms with Gasteiger partial charge in [0.05, 0.1) is 41.6 Å². The number of aliphatic hydroxyl groups excluding tert-OH is 1. The molecule has 1 aromatic heterocycles. The molecule has 0 aliphatic heterocycles. The van der Waals surface area contributed by atoms with Crippen LogP contribution in [0.1, 0.15) is 77.0 Å². The number of Topliss-reactive ketones (excluding diaryl/α,β-unsaturated/α-hetero) is 1. The van der Waals surface area contributed by atoms with Crippen LogP contribution in [0.15, 0.2) is 30.5 Å². The lowest BCUT2D eigenvalue weighted by Gasteiger charge is -2.34. The normalized spacial score (nSPS) is 22.5. The highest BCUT2D eigenvalue weighted by molar-refractivity contribution is 5.97. The van der Waals surface area contributed by atoms with Gasteiger partial charge >= 0.3 is 0 Å². The zero-order valence-corrected chi connectivity index (χ0v) is 24.6. The molecule has 216 valence electrons. The Morgan fingerprint density at radius 2 is 1.83 bits per heavy atom. The van der Waals surface area contributed by atoms with E-state index in [1.54, 1.807) is 6.20 Å². The van der Waals surface area contributed by atoms with Crippen molar-refractivity contribution in [2.24, 2.45) is 22.7 Å². The number of nitriles is 1. The Hall–Kier alpha value is -3.75. The fourth-order valence-electron chi connectivity index (χ4n) is 5.77. The van der Waals surface area contributed by atoms with Crippen LogP contribution in [-0.4, -0.2) is 46.4 Å². The summed E-state index contributed by atoms with van der Waals surface area (Å²) < 4.78 is 0. The number of aryl methyl sites for hydroxylation is 1. The second-order valence-corrected chi connectivity index (χ2v) is 12.7. The number of hydrogen-bond donors (Lipinski definition) is 3. The van der Waals surface area contributed by atoms with E-state index in [4.69, 9.17) is 0 Å². The number of amides is 2. The largest absolute Gasteiger partial charge is 0.393 e. The van der Waals surface area contributed by atoms with E-state index in [0.29, 0.717) is 19.4 Å². The molecule has 2 fully saturated rings. The van der Waals surface area contributed by atoms with Crippen LogP contribution in [0.3, 0.4) is 0 Å².